The Morgan fingerprint density at radius 2 is 1.92 bits per heavy atom. The van der Waals surface area contributed by atoms with Crippen LogP contribution in [0.15, 0.2) is 53.3 Å². The summed E-state index contributed by atoms with van der Waals surface area (Å²) in [4.78, 5) is 4.38. The molecule has 0 fully saturated rings. The van der Waals surface area contributed by atoms with Crippen molar-refractivity contribution in [2.24, 2.45) is 0 Å². The highest BCUT2D eigenvalue weighted by Crippen LogP contribution is 2.43. The van der Waals surface area contributed by atoms with Crippen molar-refractivity contribution < 1.29 is 9.47 Å². The maximum Gasteiger partial charge on any atom is 0.222 e. The predicted octanol–water partition coefficient (Wildman–Crippen LogP) is 4.20. The normalized spacial score (nSPS) is 18.7. The van der Waals surface area contributed by atoms with E-state index in [4.69, 9.17) is 9.47 Å². The maximum absolute atomic E-state index is 5.66. The highest BCUT2D eigenvalue weighted by Gasteiger charge is 2.32. The number of ether oxygens (including phenoxy) is 2. The maximum atomic E-state index is 5.66. The highest BCUT2D eigenvalue weighted by atomic mass is 79.9. The Kier molecular flexibility index (Phi) is 4.55. The fraction of sp³-hybridized carbons (Fsp3) is 0.263. The third kappa shape index (κ3) is 2.92. The SMILES string of the molecule is COc1cccc([C@@H]2C[C@@H](c3ccc(Br)cc3)Nc3ncnn32)c1OC. The molecule has 0 unspecified atom stereocenters. The predicted molar refractivity (Wildman–Crippen MR) is 103 cm³/mol. The molecule has 2 heterocycles. The van der Waals surface area contributed by atoms with E-state index in [-0.39, 0.29) is 12.1 Å². The quantitative estimate of drug-likeness (QED) is 0.692. The van der Waals surface area contributed by atoms with E-state index in [2.05, 4.69) is 61.7 Å². The van der Waals surface area contributed by atoms with E-state index in [1.165, 1.54) is 5.56 Å². The number of hydrogen-bond donors (Lipinski definition) is 1. The molecule has 0 spiro atoms. The average Bonchev–Trinajstić information content (AvgIpc) is 3.15. The van der Waals surface area contributed by atoms with Crippen molar-refractivity contribution in [2.45, 2.75) is 18.5 Å². The summed E-state index contributed by atoms with van der Waals surface area (Å²) in [6.45, 7) is 0. The second-order valence-corrected chi connectivity index (χ2v) is 7.03. The van der Waals surface area contributed by atoms with Crippen LogP contribution in [-0.4, -0.2) is 29.0 Å². The molecule has 1 aliphatic rings. The van der Waals surface area contributed by atoms with Gasteiger partial charge in [-0.25, -0.2) is 4.68 Å². The van der Waals surface area contributed by atoms with E-state index in [1.807, 2.05) is 16.8 Å². The van der Waals surface area contributed by atoms with Crippen LogP contribution in [0.2, 0.25) is 0 Å². The van der Waals surface area contributed by atoms with Gasteiger partial charge in [-0.2, -0.15) is 10.1 Å². The van der Waals surface area contributed by atoms with Crippen molar-refractivity contribution in [1.29, 1.82) is 0 Å². The largest absolute Gasteiger partial charge is 0.493 e. The molecule has 4 rings (SSSR count). The number of halogens is 1. The molecular weight excluding hydrogens is 396 g/mol. The van der Waals surface area contributed by atoms with Crippen LogP contribution < -0.4 is 14.8 Å². The van der Waals surface area contributed by atoms with Crippen LogP contribution in [0.3, 0.4) is 0 Å². The Morgan fingerprint density at radius 3 is 2.65 bits per heavy atom. The van der Waals surface area contributed by atoms with Gasteiger partial charge in [0.1, 0.15) is 6.33 Å². The first kappa shape index (κ1) is 16.9. The lowest BCUT2D eigenvalue weighted by atomic mass is 9.92. The molecule has 2 aromatic carbocycles. The fourth-order valence-electron chi connectivity index (χ4n) is 3.47. The van der Waals surface area contributed by atoms with E-state index in [9.17, 15) is 0 Å². The molecule has 6 nitrogen and oxygen atoms in total. The molecule has 26 heavy (non-hydrogen) atoms. The van der Waals surface area contributed by atoms with Crippen LogP contribution in [0.5, 0.6) is 11.5 Å². The van der Waals surface area contributed by atoms with Crippen LogP contribution >= 0.6 is 15.9 Å². The summed E-state index contributed by atoms with van der Waals surface area (Å²) in [6.07, 6.45) is 2.40. The first-order chi connectivity index (χ1) is 12.7. The van der Waals surface area contributed by atoms with Crippen LogP contribution in [0.25, 0.3) is 0 Å². The molecule has 3 aromatic rings. The summed E-state index contributed by atoms with van der Waals surface area (Å²) in [5, 5.41) is 7.91. The van der Waals surface area contributed by atoms with Gasteiger partial charge in [0.25, 0.3) is 0 Å². The summed E-state index contributed by atoms with van der Waals surface area (Å²) in [5.41, 5.74) is 2.23. The molecular formula is C19H19BrN4O2. The lowest BCUT2D eigenvalue weighted by Crippen LogP contribution is -2.28. The lowest BCUT2D eigenvalue weighted by molar-refractivity contribution is 0.340. The number of nitrogens with one attached hydrogen (secondary N) is 1. The smallest absolute Gasteiger partial charge is 0.222 e. The van der Waals surface area contributed by atoms with E-state index in [0.29, 0.717) is 5.75 Å². The number of fused-ring (bicyclic) bond motifs is 1. The number of hydrogen-bond acceptors (Lipinski definition) is 5. The summed E-state index contributed by atoms with van der Waals surface area (Å²) >= 11 is 3.50. The standard InChI is InChI=1S/C19H19BrN4O2/c1-25-17-5-3-4-14(18(17)26-2)16-10-15(12-6-8-13(20)9-7-12)23-19-21-11-22-24(16)19/h3-9,11,15-16H,10H2,1-2H3,(H,21,22,23)/t15-,16-/m0/s1. The summed E-state index contributed by atoms with van der Waals surface area (Å²) in [5.74, 6) is 2.20. The number of nitrogens with zero attached hydrogens (tertiary/aromatic N) is 3. The lowest BCUT2D eigenvalue weighted by Gasteiger charge is -2.32. The Bertz CT molecular complexity index is 910. The van der Waals surface area contributed by atoms with Gasteiger partial charge in [-0.3, -0.25) is 0 Å². The van der Waals surface area contributed by atoms with Gasteiger partial charge < -0.3 is 14.8 Å². The monoisotopic (exact) mass is 414 g/mol. The van der Waals surface area contributed by atoms with E-state index >= 15 is 0 Å². The molecule has 0 aliphatic carbocycles. The zero-order chi connectivity index (χ0) is 18.1. The Morgan fingerprint density at radius 1 is 1.12 bits per heavy atom. The number of anilines is 1. The molecule has 0 radical (unpaired) electrons. The third-order valence-electron chi connectivity index (χ3n) is 4.70. The van der Waals surface area contributed by atoms with Gasteiger partial charge >= 0.3 is 0 Å². The molecule has 1 aromatic heterocycles. The molecule has 134 valence electrons. The summed E-state index contributed by atoms with van der Waals surface area (Å²) < 4.78 is 14.1. The Labute approximate surface area is 160 Å². The number of benzene rings is 2. The van der Waals surface area contributed by atoms with E-state index in [0.717, 1.165) is 28.2 Å². The van der Waals surface area contributed by atoms with E-state index in [1.54, 1.807) is 20.5 Å². The zero-order valence-electron chi connectivity index (χ0n) is 14.5. The van der Waals surface area contributed by atoms with Crippen molar-refractivity contribution in [3.8, 4) is 11.5 Å². The Hall–Kier alpha value is -2.54. The van der Waals surface area contributed by atoms with Gasteiger partial charge in [0.05, 0.1) is 26.3 Å². The van der Waals surface area contributed by atoms with Gasteiger partial charge in [0, 0.05) is 10.0 Å². The number of aromatic nitrogens is 3. The van der Waals surface area contributed by atoms with E-state index < -0.39 is 0 Å². The molecule has 0 saturated carbocycles. The zero-order valence-corrected chi connectivity index (χ0v) is 16.1. The topological polar surface area (TPSA) is 61.2 Å². The van der Waals surface area contributed by atoms with Gasteiger partial charge in [-0.15, -0.1) is 0 Å². The first-order valence-electron chi connectivity index (χ1n) is 8.33. The van der Waals surface area contributed by atoms with Crippen molar-refractivity contribution in [3.63, 3.8) is 0 Å². The summed E-state index contributed by atoms with van der Waals surface area (Å²) in [7, 11) is 3.31. The molecule has 2 atom stereocenters. The van der Waals surface area contributed by atoms with Gasteiger partial charge in [0.15, 0.2) is 11.5 Å². The van der Waals surface area contributed by atoms with Gasteiger partial charge in [0.2, 0.25) is 5.95 Å². The Balaban J connectivity index is 1.78. The highest BCUT2D eigenvalue weighted by molar-refractivity contribution is 9.10. The second-order valence-electron chi connectivity index (χ2n) is 6.11. The summed E-state index contributed by atoms with van der Waals surface area (Å²) in [6, 6.07) is 14.4. The average molecular weight is 415 g/mol. The fourth-order valence-corrected chi connectivity index (χ4v) is 3.73. The molecule has 1 aliphatic heterocycles. The molecule has 7 heteroatoms. The minimum Gasteiger partial charge on any atom is -0.493 e. The second kappa shape index (κ2) is 6.99. The van der Waals surface area contributed by atoms with Crippen molar-refractivity contribution in [3.05, 3.63) is 64.4 Å². The van der Waals surface area contributed by atoms with Gasteiger partial charge in [-0.05, 0) is 30.2 Å². The van der Waals surface area contributed by atoms with Crippen LogP contribution in [0.1, 0.15) is 29.6 Å². The number of methoxy groups -OCH3 is 2. The molecule has 0 bridgehead atoms. The van der Waals surface area contributed by atoms with Crippen LogP contribution in [-0.2, 0) is 0 Å². The van der Waals surface area contributed by atoms with Crippen molar-refractivity contribution >= 4 is 21.9 Å². The first-order valence-corrected chi connectivity index (χ1v) is 9.13. The number of para-hydroxylation sites is 1. The van der Waals surface area contributed by atoms with Crippen LogP contribution in [0, 0.1) is 0 Å². The van der Waals surface area contributed by atoms with Crippen molar-refractivity contribution in [1.82, 2.24) is 14.8 Å². The van der Waals surface area contributed by atoms with Crippen LogP contribution in [0.4, 0.5) is 5.95 Å². The third-order valence-corrected chi connectivity index (χ3v) is 5.22. The minimum atomic E-state index is -0.00699. The molecule has 0 amide bonds. The van der Waals surface area contributed by atoms with Crippen molar-refractivity contribution in [2.75, 3.05) is 19.5 Å². The molecule has 1 N–H and O–H groups in total. The molecule has 0 saturated heterocycles. The minimum absolute atomic E-state index is 0.00699. The number of rotatable bonds is 4. The van der Waals surface area contributed by atoms with Gasteiger partial charge in [-0.1, -0.05) is 40.2 Å².